The first-order valence-electron chi connectivity index (χ1n) is 13.0. The van der Waals surface area contributed by atoms with E-state index in [1.807, 2.05) is 36.4 Å². The number of carbonyl (C=O) groups excluding carboxylic acids is 2. The van der Waals surface area contributed by atoms with Crippen LogP contribution in [0.5, 0.6) is 0 Å². The van der Waals surface area contributed by atoms with Gasteiger partial charge in [0.1, 0.15) is 12.1 Å². The number of carboxylic acids is 2. The van der Waals surface area contributed by atoms with Crippen LogP contribution in [0.3, 0.4) is 0 Å². The molecule has 222 valence electrons. The Hall–Kier alpha value is -3.55. The highest BCUT2D eigenvalue weighted by Crippen LogP contribution is 2.34. The number of guanidine groups is 1. The second kappa shape index (κ2) is 17.3. The third kappa shape index (κ3) is 11.8. The standard InChI is InChI=1S/C22H23NO4S2.C6H14N4O2/c1-15(14-28-22(27)16-8-4-2-5-9-16)20(24)23-13-18(12-19(23)21(25)26)29-17-10-6-3-7-11-17;7-4(5(11)12)2-1-3-10-6(8)9/h2-11,15,18-19H,12-14H2,1H3,(H,25,26);4H,1-3,7H2,(H,11,12)(H4,8,9,10)/t15-,18-,19-;/m0./s1. The Morgan fingerprint density at radius 2 is 1.68 bits per heavy atom. The fraction of sp³-hybridized carbons (Fsp3) is 0.393. The third-order valence-corrected chi connectivity index (χ3v) is 8.48. The molecular weight excluding hydrogens is 566 g/mol. The molecule has 0 saturated carbocycles. The lowest BCUT2D eigenvalue weighted by atomic mass is 10.1. The van der Waals surface area contributed by atoms with E-state index in [0.29, 0.717) is 43.7 Å². The van der Waals surface area contributed by atoms with Crippen molar-refractivity contribution in [1.82, 2.24) is 10.2 Å². The summed E-state index contributed by atoms with van der Waals surface area (Å²) in [4.78, 5) is 49.7. The Kier molecular flexibility index (Phi) is 14.2. The average molecular weight is 604 g/mol. The number of carbonyl (C=O) groups is 4. The molecule has 1 amide bonds. The van der Waals surface area contributed by atoms with E-state index in [4.69, 9.17) is 22.0 Å². The van der Waals surface area contributed by atoms with E-state index >= 15 is 0 Å². The van der Waals surface area contributed by atoms with Crippen molar-refractivity contribution < 1.29 is 29.4 Å². The van der Waals surface area contributed by atoms with E-state index in [9.17, 15) is 24.3 Å². The second-order valence-corrected chi connectivity index (χ2v) is 11.8. The number of thioether (sulfide) groups is 2. The number of aliphatic carboxylic acids is 2. The maximum absolute atomic E-state index is 12.9. The molecule has 8 N–H and O–H groups in total. The molecule has 1 fully saturated rings. The number of carboxylic acid groups (broad SMARTS) is 2. The van der Waals surface area contributed by atoms with Crippen LogP contribution in [0.25, 0.3) is 0 Å². The molecule has 1 aliphatic heterocycles. The van der Waals surface area contributed by atoms with Gasteiger partial charge in [-0.3, -0.25) is 19.8 Å². The van der Waals surface area contributed by atoms with Gasteiger partial charge in [-0.05, 0) is 31.4 Å². The molecular formula is C28H37N5O6S2. The van der Waals surface area contributed by atoms with Crippen molar-refractivity contribution in [3.8, 4) is 0 Å². The Morgan fingerprint density at radius 1 is 1.07 bits per heavy atom. The molecule has 1 unspecified atom stereocenters. The molecule has 0 aromatic heterocycles. The van der Waals surface area contributed by atoms with Crippen LogP contribution in [0.2, 0.25) is 0 Å². The van der Waals surface area contributed by atoms with E-state index in [1.54, 1.807) is 43.0 Å². The van der Waals surface area contributed by atoms with Crippen molar-refractivity contribution in [1.29, 1.82) is 5.41 Å². The summed E-state index contributed by atoms with van der Waals surface area (Å²) in [5, 5.41) is 27.3. The molecule has 1 heterocycles. The van der Waals surface area contributed by atoms with Crippen LogP contribution >= 0.6 is 23.5 Å². The van der Waals surface area contributed by atoms with Crippen molar-refractivity contribution in [2.24, 2.45) is 17.4 Å². The normalized spacial score (nSPS) is 17.5. The number of hydrogen-bond acceptors (Lipinski definition) is 8. The number of nitrogens with zero attached hydrogens (tertiary/aromatic N) is 1. The predicted molar refractivity (Wildman–Crippen MR) is 161 cm³/mol. The molecule has 4 atom stereocenters. The average Bonchev–Trinajstić information content (AvgIpc) is 3.38. The van der Waals surface area contributed by atoms with Crippen molar-refractivity contribution in [3.05, 3.63) is 66.2 Å². The summed E-state index contributed by atoms with van der Waals surface area (Å²) < 4.78 is 0. The second-order valence-electron chi connectivity index (χ2n) is 9.43. The molecule has 2 aromatic rings. The predicted octanol–water partition coefficient (Wildman–Crippen LogP) is 2.70. The molecule has 0 spiro atoms. The third-order valence-electron chi connectivity index (χ3n) is 6.10. The van der Waals surface area contributed by atoms with Gasteiger partial charge in [-0.1, -0.05) is 67.2 Å². The van der Waals surface area contributed by atoms with Crippen LogP contribution in [-0.2, 0) is 14.4 Å². The number of hydrogen-bond donors (Lipinski definition) is 6. The Morgan fingerprint density at radius 3 is 2.24 bits per heavy atom. The molecule has 11 nitrogen and oxygen atoms in total. The molecule has 1 saturated heterocycles. The van der Waals surface area contributed by atoms with Gasteiger partial charge in [0, 0.05) is 40.5 Å². The molecule has 1 aliphatic rings. The SMILES string of the molecule is C[C@@H](CSC(=O)c1ccccc1)C(=O)N1C[C@@H](Sc2ccccc2)C[C@H]1C(=O)O.N=C(N)NCCCC(N)C(=O)O. The number of benzene rings is 2. The topological polar surface area (TPSA) is 200 Å². The monoisotopic (exact) mass is 603 g/mol. The van der Waals surface area contributed by atoms with Gasteiger partial charge in [0.15, 0.2) is 5.96 Å². The first-order chi connectivity index (χ1) is 19.5. The maximum atomic E-state index is 12.9. The molecule has 13 heteroatoms. The van der Waals surface area contributed by atoms with Gasteiger partial charge in [-0.15, -0.1) is 11.8 Å². The quantitative estimate of drug-likeness (QED) is 0.118. The molecule has 41 heavy (non-hydrogen) atoms. The first-order valence-corrected chi connectivity index (χ1v) is 14.9. The largest absolute Gasteiger partial charge is 0.480 e. The summed E-state index contributed by atoms with van der Waals surface area (Å²) in [7, 11) is 0. The smallest absolute Gasteiger partial charge is 0.326 e. The zero-order chi connectivity index (χ0) is 30.4. The van der Waals surface area contributed by atoms with E-state index in [-0.39, 0.29) is 22.2 Å². The van der Waals surface area contributed by atoms with Crippen molar-refractivity contribution >= 4 is 52.4 Å². The molecule has 3 rings (SSSR count). The summed E-state index contributed by atoms with van der Waals surface area (Å²) in [5.74, 6) is -2.41. The highest BCUT2D eigenvalue weighted by molar-refractivity contribution is 8.14. The lowest BCUT2D eigenvalue weighted by Gasteiger charge is -2.24. The van der Waals surface area contributed by atoms with Crippen LogP contribution in [0, 0.1) is 11.3 Å². The molecule has 0 aliphatic carbocycles. The summed E-state index contributed by atoms with van der Waals surface area (Å²) in [6.45, 7) is 2.64. The van der Waals surface area contributed by atoms with Gasteiger partial charge < -0.3 is 31.9 Å². The first kappa shape index (κ1) is 33.7. The van der Waals surface area contributed by atoms with Gasteiger partial charge in [-0.2, -0.15) is 0 Å². The Balaban J connectivity index is 0.000000415. The number of nitrogens with two attached hydrogens (primary N) is 2. The summed E-state index contributed by atoms with van der Waals surface area (Å²) in [6.07, 6.45) is 1.39. The van der Waals surface area contributed by atoms with Crippen LogP contribution < -0.4 is 16.8 Å². The number of amides is 1. The highest BCUT2D eigenvalue weighted by atomic mass is 32.2. The van der Waals surface area contributed by atoms with Gasteiger partial charge in [0.25, 0.3) is 0 Å². The van der Waals surface area contributed by atoms with Crippen molar-refractivity contribution in [3.63, 3.8) is 0 Å². The fourth-order valence-corrected chi connectivity index (χ4v) is 5.99. The van der Waals surface area contributed by atoms with E-state index in [1.165, 1.54) is 4.90 Å². The molecule has 2 aromatic carbocycles. The summed E-state index contributed by atoms with van der Waals surface area (Å²) in [5.41, 5.74) is 10.8. The van der Waals surface area contributed by atoms with E-state index in [2.05, 4.69) is 5.32 Å². The Bertz CT molecular complexity index is 1170. The van der Waals surface area contributed by atoms with E-state index in [0.717, 1.165) is 16.7 Å². The molecule has 0 radical (unpaired) electrons. The van der Waals surface area contributed by atoms with E-state index < -0.39 is 29.9 Å². The zero-order valence-corrected chi connectivity index (χ0v) is 24.4. The van der Waals surface area contributed by atoms with Gasteiger partial charge in [0.2, 0.25) is 11.0 Å². The minimum absolute atomic E-state index is 0.0354. The number of rotatable bonds is 12. The van der Waals surface area contributed by atoms with Crippen molar-refractivity contribution in [2.75, 3.05) is 18.8 Å². The minimum Gasteiger partial charge on any atom is -0.480 e. The maximum Gasteiger partial charge on any atom is 0.326 e. The van der Waals surface area contributed by atoms with Crippen LogP contribution in [-0.4, -0.2) is 80.2 Å². The van der Waals surface area contributed by atoms with Crippen LogP contribution in [0.1, 0.15) is 36.5 Å². The van der Waals surface area contributed by atoms with Gasteiger partial charge in [0.05, 0.1) is 0 Å². The van der Waals surface area contributed by atoms with Gasteiger partial charge >= 0.3 is 11.9 Å². The van der Waals surface area contributed by atoms with Crippen LogP contribution in [0.4, 0.5) is 0 Å². The Labute approximate surface area is 247 Å². The number of likely N-dealkylation sites (tertiary alicyclic amines) is 1. The number of nitrogens with one attached hydrogen (secondary N) is 2. The zero-order valence-electron chi connectivity index (χ0n) is 22.8. The minimum atomic E-state index is -1.00. The lowest BCUT2D eigenvalue weighted by Crippen LogP contribution is -2.43. The fourth-order valence-electron chi connectivity index (χ4n) is 3.93. The molecule has 0 bridgehead atoms. The highest BCUT2D eigenvalue weighted by Gasteiger charge is 2.41. The van der Waals surface area contributed by atoms with Crippen LogP contribution in [0.15, 0.2) is 65.6 Å². The van der Waals surface area contributed by atoms with Crippen molar-refractivity contribution in [2.45, 2.75) is 48.4 Å². The van der Waals surface area contributed by atoms with Gasteiger partial charge in [-0.25, -0.2) is 4.79 Å². The summed E-state index contributed by atoms with van der Waals surface area (Å²) >= 11 is 2.70. The summed E-state index contributed by atoms with van der Waals surface area (Å²) in [6, 6.07) is 17.1. The lowest BCUT2D eigenvalue weighted by molar-refractivity contribution is -0.149.